The molecule has 1 N–H and O–H groups in total. The number of aryl methyl sites for hydroxylation is 1. The van der Waals surface area contributed by atoms with Crippen LogP contribution in [0.15, 0.2) is 48.7 Å². The van der Waals surface area contributed by atoms with E-state index in [1.165, 1.54) is 0 Å². The minimum absolute atomic E-state index is 0.0790. The van der Waals surface area contributed by atoms with Crippen LogP contribution in [0.2, 0.25) is 0 Å². The van der Waals surface area contributed by atoms with Crippen LogP contribution in [0.25, 0.3) is 16.2 Å². The van der Waals surface area contributed by atoms with Crippen LogP contribution in [0, 0.1) is 18.8 Å². The summed E-state index contributed by atoms with van der Waals surface area (Å²) in [6.07, 6.45) is 1.76. The lowest BCUT2D eigenvalue weighted by molar-refractivity contribution is 0.625. The second kappa shape index (κ2) is 7.10. The van der Waals surface area contributed by atoms with Crippen molar-refractivity contribution in [3.05, 3.63) is 64.9 Å². The Labute approximate surface area is 168 Å². The van der Waals surface area contributed by atoms with Gasteiger partial charge in [0.1, 0.15) is 11.5 Å². The molecule has 4 rings (SSSR count). The van der Waals surface area contributed by atoms with Gasteiger partial charge in [-0.1, -0.05) is 6.07 Å². The molecule has 28 heavy (non-hydrogen) atoms. The topological polar surface area (TPSA) is 55.1 Å². The van der Waals surface area contributed by atoms with Crippen molar-refractivity contribution in [2.24, 2.45) is 0 Å². The molecule has 6 heteroatoms. The number of pyridine rings is 1. The van der Waals surface area contributed by atoms with Crippen molar-refractivity contribution < 1.29 is 0 Å². The van der Waals surface area contributed by atoms with Crippen LogP contribution in [0.3, 0.4) is 0 Å². The summed E-state index contributed by atoms with van der Waals surface area (Å²) in [5, 5.41) is 7.89. The molecule has 0 saturated carbocycles. The number of nitrogens with zero attached hydrogens (tertiary/aromatic N) is 4. The molecule has 0 aliphatic rings. The van der Waals surface area contributed by atoms with Gasteiger partial charge in [-0.15, -0.1) is 11.3 Å². The number of nitrogens with one attached hydrogen (secondary N) is 1. The van der Waals surface area contributed by atoms with Gasteiger partial charge in [0.25, 0.3) is 0 Å². The number of hydrogen-bond acceptors (Lipinski definition) is 5. The number of aromatic nitrogens is 4. The first kappa shape index (κ1) is 18.2. The molecule has 0 radical (unpaired) electrons. The smallest absolute Gasteiger partial charge is 0.158 e. The fourth-order valence-corrected chi connectivity index (χ4v) is 3.61. The fraction of sp³-hybridized carbons (Fsp3) is 0.227. The van der Waals surface area contributed by atoms with Crippen molar-refractivity contribution in [1.82, 2.24) is 19.6 Å². The van der Waals surface area contributed by atoms with Crippen molar-refractivity contribution in [2.45, 2.75) is 33.2 Å². The SMILES string of the molecule is Cc1cccc(C#Cc2ccc(-c3cc(NC(C)(C)C)n4nccc4n3)s2)n1. The maximum atomic E-state index is 4.75. The molecule has 0 atom stereocenters. The summed E-state index contributed by atoms with van der Waals surface area (Å²) in [6, 6.07) is 13.9. The van der Waals surface area contributed by atoms with Crippen molar-refractivity contribution in [3.63, 3.8) is 0 Å². The Hall–Kier alpha value is -3.17. The van der Waals surface area contributed by atoms with E-state index in [-0.39, 0.29) is 5.54 Å². The van der Waals surface area contributed by atoms with Crippen LogP contribution in [0.1, 0.15) is 37.0 Å². The zero-order valence-corrected chi connectivity index (χ0v) is 17.1. The molecule has 4 aromatic rings. The molecule has 0 fully saturated rings. The van der Waals surface area contributed by atoms with Crippen molar-refractivity contribution in [1.29, 1.82) is 0 Å². The molecular formula is C22H21N5S. The third-order valence-electron chi connectivity index (χ3n) is 3.92. The van der Waals surface area contributed by atoms with E-state index in [4.69, 9.17) is 4.98 Å². The van der Waals surface area contributed by atoms with Crippen LogP contribution >= 0.6 is 11.3 Å². The van der Waals surface area contributed by atoms with E-state index in [9.17, 15) is 0 Å². The third kappa shape index (κ3) is 4.05. The molecule has 0 unspecified atom stereocenters. The van der Waals surface area contributed by atoms with Crippen LogP contribution in [0.5, 0.6) is 0 Å². The lowest BCUT2D eigenvalue weighted by atomic mass is 10.1. The van der Waals surface area contributed by atoms with Gasteiger partial charge in [-0.05, 0) is 63.8 Å². The number of thiophene rings is 1. The molecule has 4 heterocycles. The van der Waals surface area contributed by atoms with Crippen molar-refractivity contribution in [2.75, 3.05) is 5.32 Å². The fourth-order valence-electron chi connectivity index (χ4n) is 2.79. The maximum Gasteiger partial charge on any atom is 0.158 e. The minimum Gasteiger partial charge on any atom is -0.365 e. The molecule has 140 valence electrons. The second-order valence-corrected chi connectivity index (χ2v) is 8.66. The summed E-state index contributed by atoms with van der Waals surface area (Å²) in [5.41, 5.74) is 3.40. The van der Waals surface area contributed by atoms with Gasteiger partial charge in [0.2, 0.25) is 0 Å². The van der Waals surface area contributed by atoms with E-state index in [1.807, 2.05) is 47.8 Å². The van der Waals surface area contributed by atoms with Gasteiger partial charge in [0, 0.05) is 23.4 Å². The van der Waals surface area contributed by atoms with Gasteiger partial charge < -0.3 is 5.32 Å². The summed E-state index contributed by atoms with van der Waals surface area (Å²) < 4.78 is 1.83. The highest BCUT2D eigenvalue weighted by atomic mass is 32.1. The highest BCUT2D eigenvalue weighted by Gasteiger charge is 2.15. The molecule has 5 nitrogen and oxygen atoms in total. The van der Waals surface area contributed by atoms with Crippen LogP contribution in [-0.4, -0.2) is 25.1 Å². The zero-order chi connectivity index (χ0) is 19.7. The first-order chi connectivity index (χ1) is 13.4. The Morgan fingerprint density at radius 3 is 2.68 bits per heavy atom. The number of fused-ring (bicyclic) bond motifs is 1. The van der Waals surface area contributed by atoms with E-state index in [0.29, 0.717) is 0 Å². The normalized spacial score (nSPS) is 11.3. The van der Waals surface area contributed by atoms with Crippen LogP contribution in [-0.2, 0) is 0 Å². The monoisotopic (exact) mass is 387 g/mol. The summed E-state index contributed by atoms with van der Waals surface area (Å²) in [5.74, 6) is 7.26. The predicted octanol–water partition coefficient (Wildman–Crippen LogP) is 4.77. The van der Waals surface area contributed by atoms with Crippen LogP contribution in [0.4, 0.5) is 5.82 Å². The first-order valence-electron chi connectivity index (χ1n) is 9.06. The second-order valence-electron chi connectivity index (χ2n) is 7.58. The largest absolute Gasteiger partial charge is 0.365 e. The van der Waals surface area contributed by atoms with E-state index in [2.05, 4.69) is 54.1 Å². The Balaban J connectivity index is 1.68. The number of hydrogen-bond donors (Lipinski definition) is 1. The molecule has 0 saturated heterocycles. The van der Waals surface area contributed by atoms with E-state index in [1.54, 1.807) is 17.5 Å². The molecular weight excluding hydrogens is 366 g/mol. The van der Waals surface area contributed by atoms with Gasteiger partial charge in [-0.2, -0.15) is 9.61 Å². The highest BCUT2D eigenvalue weighted by Crippen LogP contribution is 2.29. The summed E-state index contributed by atoms with van der Waals surface area (Å²) in [4.78, 5) is 11.2. The molecule has 0 spiro atoms. The Bertz CT molecular complexity index is 1200. The standard InChI is InChI=1S/C22H21N5S/c1-15-6-5-7-16(24-15)8-9-17-10-11-19(28-17)18-14-21(26-22(2,3)4)27-20(25-18)12-13-23-27/h5-7,10-14,26H,1-4H3. The van der Waals surface area contributed by atoms with Gasteiger partial charge >= 0.3 is 0 Å². The average Bonchev–Trinajstić information content (AvgIpc) is 3.28. The van der Waals surface area contributed by atoms with E-state index >= 15 is 0 Å². The lowest BCUT2D eigenvalue weighted by Gasteiger charge is -2.22. The van der Waals surface area contributed by atoms with Gasteiger partial charge in [0.05, 0.1) is 21.6 Å². The van der Waals surface area contributed by atoms with Gasteiger partial charge in [0.15, 0.2) is 5.65 Å². The first-order valence-corrected chi connectivity index (χ1v) is 9.88. The minimum atomic E-state index is -0.0790. The maximum absolute atomic E-state index is 4.75. The highest BCUT2D eigenvalue weighted by molar-refractivity contribution is 7.16. The Kier molecular flexibility index (Phi) is 4.62. The Morgan fingerprint density at radius 2 is 1.89 bits per heavy atom. The van der Waals surface area contributed by atoms with E-state index in [0.717, 1.165) is 38.3 Å². The predicted molar refractivity (Wildman–Crippen MR) is 115 cm³/mol. The number of anilines is 1. The summed E-state index contributed by atoms with van der Waals surface area (Å²) >= 11 is 1.63. The molecule has 0 bridgehead atoms. The Morgan fingerprint density at radius 1 is 1.04 bits per heavy atom. The zero-order valence-electron chi connectivity index (χ0n) is 16.3. The van der Waals surface area contributed by atoms with Crippen molar-refractivity contribution >= 4 is 22.8 Å². The van der Waals surface area contributed by atoms with E-state index < -0.39 is 0 Å². The quantitative estimate of drug-likeness (QED) is 0.503. The molecule has 0 aliphatic heterocycles. The molecule has 0 amide bonds. The summed E-state index contributed by atoms with van der Waals surface area (Å²) in [7, 11) is 0. The lowest BCUT2D eigenvalue weighted by Crippen LogP contribution is -2.27. The third-order valence-corrected chi connectivity index (χ3v) is 4.95. The van der Waals surface area contributed by atoms with Gasteiger partial charge in [-0.3, -0.25) is 0 Å². The summed E-state index contributed by atoms with van der Waals surface area (Å²) in [6.45, 7) is 8.34. The molecule has 0 aliphatic carbocycles. The van der Waals surface area contributed by atoms with Crippen molar-refractivity contribution in [3.8, 4) is 22.4 Å². The molecule has 4 aromatic heterocycles. The number of rotatable bonds is 2. The van der Waals surface area contributed by atoms with Gasteiger partial charge in [-0.25, -0.2) is 9.97 Å². The average molecular weight is 388 g/mol. The molecule has 0 aromatic carbocycles. The van der Waals surface area contributed by atoms with Crippen LogP contribution < -0.4 is 5.32 Å².